The number of ether oxygens (including phenoxy) is 1. The smallest absolute Gasteiger partial charge is 0.225 e. The number of rotatable bonds is 4. The van der Waals surface area contributed by atoms with Gasteiger partial charge in [-0.3, -0.25) is 4.79 Å². The Kier molecular flexibility index (Phi) is 7.05. The lowest BCUT2D eigenvalue weighted by atomic mass is 9.87. The molecule has 1 amide bonds. The molecule has 1 N–H and O–H groups in total. The van der Waals surface area contributed by atoms with Crippen molar-refractivity contribution >= 4 is 41.5 Å². The average Bonchev–Trinajstić information content (AvgIpc) is 2.49. The van der Waals surface area contributed by atoms with Gasteiger partial charge in [-0.15, -0.1) is 12.4 Å². The first kappa shape index (κ1) is 19.6. The van der Waals surface area contributed by atoms with E-state index in [0.29, 0.717) is 28.3 Å². The van der Waals surface area contributed by atoms with Crippen LogP contribution >= 0.6 is 35.6 Å². The van der Waals surface area contributed by atoms with E-state index in [1.54, 1.807) is 12.1 Å². The summed E-state index contributed by atoms with van der Waals surface area (Å²) in [6.07, 6.45) is 1.92. The molecule has 0 aromatic heterocycles. The first-order chi connectivity index (χ1) is 11.0. The summed E-state index contributed by atoms with van der Waals surface area (Å²) in [5, 5.41) is 4.23. The maximum Gasteiger partial charge on any atom is 0.225 e. The second kappa shape index (κ2) is 8.61. The van der Waals surface area contributed by atoms with Crippen LogP contribution in [0, 0.1) is 11.8 Å². The minimum absolute atomic E-state index is 0. The molecule has 4 nitrogen and oxygen atoms in total. The van der Waals surface area contributed by atoms with Crippen molar-refractivity contribution in [3.63, 3.8) is 0 Å². The largest absolute Gasteiger partial charge is 0.489 e. The van der Waals surface area contributed by atoms with Crippen molar-refractivity contribution in [2.24, 2.45) is 11.8 Å². The molecule has 2 fully saturated rings. The number of carbonyl (C=O) groups is 1. The molecule has 2 unspecified atom stereocenters. The van der Waals surface area contributed by atoms with Gasteiger partial charge < -0.3 is 15.0 Å². The van der Waals surface area contributed by atoms with Crippen LogP contribution in [0.4, 0.5) is 0 Å². The van der Waals surface area contributed by atoms with Crippen LogP contribution in [0.1, 0.15) is 19.8 Å². The quantitative estimate of drug-likeness (QED) is 0.849. The summed E-state index contributed by atoms with van der Waals surface area (Å²) >= 11 is 12.0. The van der Waals surface area contributed by atoms with Gasteiger partial charge in [0.05, 0.1) is 16.6 Å². The van der Waals surface area contributed by atoms with Crippen molar-refractivity contribution in [1.29, 1.82) is 0 Å². The van der Waals surface area contributed by atoms with Crippen LogP contribution in [0.25, 0.3) is 0 Å². The zero-order valence-corrected chi connectivity index (χ0v) is 16.0. The van der Waals surface area contributed by atoms with Crippen LogP contribution in [-0.4, -0.2) is 43.1 Å². The molecular weight excluding hydrogens is 371 g/mol. The molecule has 1 aromatic rings. The van der Waals surface area contributed by atoms with E-state index in [2.05, 4.69) is 5.32 Å². The van der Waals surface area contributed by atoms with Crippen LogP contribution in [0.5, 0.6) is 5.75 Å². The molecule has 0 spiro atoms. The van der Waals surface area contributed by atoms with Crippen molar-refractivity contribution < 1.29 is 9.53 Å². The summed E-state index contributed by atoms with van der Waals surface area (Å²) in [5.41, 5.74) is 0. The highest BCUT2D eigenvalue weighted by molar-refractivity contribution is 6.42. The monoisotopic (exact) mass is 392 g/mol. The Bertz CT molecular complexity index is 581. The van der Waals surface area contributed by atoms with Gasteiger partial charge in [-0.1, -0.05) is 30.1 Å². The van der Waals surface area contributed by atoms with Gasteiger partial charge in [0.2, 0.25) is 5.91 Å². The number of nitrogens with zero attached hydrogens (tertiary/aromatic N) is 1. The molecule has 134 valence electrons. The molecule has 1 aromatic carbocycles. The molecule has 2 heterocycles. The highest BCUT2D eigenvalue weighted by Crippen LogP contribution is 2.28. The molecule has 2 saturated heterocycles. The van der Waals surface area contributed by atoms with Gasteiger partial charge in [0.1, 0.15) is 11.9 Å². The normalized spacial score (nSPS) is 22.3. The molecule has 2 aliphatic heterocycles. The maximum absolute atomic E-state index is 12.6. The minimum Gasteiger partial charge on any atom is -0.489 e. The molecule has 2 atom stereocenters. The first-order valence-electron chi connectivity index (χ1n) is 8.16. The highest BCUT2D eigenvalue weighted by atomic mass is 35.5. The van der Waals surface area contributed by atoms with Gasteiger partial charge in [0.15, 0.2) is 0 Å². The van der Waals surface area contributed by atoms with Crippen LogP contribution in [-0.2, 0) is 4.79 Å². The van der Waals surface area contributed by atoms with Crippen molar-refractivity contribution in [2.45, 2.75) is 25.9 Å². The van der Waals surface area contributed by atoms with Crippen LogP contribution in [0.2, 0.25) is 10.0 Å². The number of carbonyl (C=O) groups excluding carboxylic acids is 1. The number of halogens is 3. The lowest BCUT2D eigenvalue weighted by molar-refractivity contribution is -0.140. The van der Waals surface area contributed by atoms with Gasteiger partial charge >= 0.3 is 0 Å². The van der Waals surface area contributed by atoms with Crippen molar-refractivity contribution in [1.82, 2.24) is 10.2 Å². The molecule has 24 heavy (non-hydrogen) atoms. The molecule has 0 bridgehead atoms. The van der Waals surface area contributed by atoms with Crippen LogP contribution in [0.3, 0.4) is 0 Å². The van der Waals surface area contributed by atoms with E-state index < -0.39 is 0 Å². The number of nitrogens with one attached hydrogen (secondary N) is 1. The van der Waals surface area contributed by atoms with E-state index in [1.807, 2.05) is 17.9 Å². The highest BCUT2D eigenvalue weighted by Gasteiger charge is 2.34. The lowest BCUT2D eigenvalue weighted by Crippen LogP contribution is -2.53. The number of piperidine rings is 1. The average molecular weight is 394 g/mol. The van der Waals surface area contributed by atoms with Crippen LogP contribution in [0.15, 0.2) is 18.2 Å². The molecule has 0 aliphatic carbocycles. The zero-order chi connectivity index (χ0) is 16.4. The maximum atomic E-state index is 12.6. The summed E-state index contributed by atoms with van der Waals surface area (Å²) in [7, 11) is 0. The Balaban J connectivity index is 0.00000208. The number of amides is 1. The molecule has 0 saturated carbocycles. The van der Waals surface area contributed by atoms with E-state index in [4.69, 9.17) is 27.9 Å². The third kappa shape index (κ3) is 4.48. The Morgan fingerprint density at radius 3 is 2.71 bits per heavy atom. The summed E-state index contributed by atoms with van der Waals surface area (Å²) in [6, 6.07) is 5.28. The fourth-order valence-electron chi connectivity index (χ4n) is 3.13. The van der Waals surface area contributed by atoms with Gasteiger partial charge in [-0.25, -0.2) is 0 Å². The van der Waals surface area contributed by atoms with Crippen LogP contribution < -0.4 is 10.1 Å². The Morgan fingerprint density at radius 1 is 1.33 bits per heavy atom. The minimum atomic E-state index is 0. The van der Waals surface area contributed by atoms with Gasteiger partial charge in [0.25, 0.3) is 0 Å². The SMILES string of the molecule is CC(C(=O)N1CCCC(Oc2ccc(Cl)c(Cl)c2)C1)C1CNC1.Cl. The predicted molar refractivity (Wildman–Crippen MR) is 99.5 cm³/mol. The van der Waals surface area contributed by atoms with E-state index in [9.17, 15) is 4.79 Å². The van der Waals surface area contributed by atoms with E-state index in [-0.39, 0.29) is 30.3 Å². The Labute approximate surface area is 159 Å². The second-order valence-corrected chi connectivity index (χ2v) is 7.26. The van der Waals surface area contributed by atoms with E-state index >= 15 is 0 Å². The molecular formula is C17H23Cl3N2O2. The van der Waals surface area contributed by atoms with Crippen molar-refractivity contribution in [3.05, 3.63) is 28.2 Å². The predicted octanol–water partition coefficient (Wildman–Crippen LogP) is 3.64. The number of hydrogen-bond donors (Lipinski definition) is 1. The molecule has 7 heteroatoms. The van der Waals surface area contributed by atoms with Gasteiger partial charge in [-0.2, -0.15) is 0 Å². The molecule has 2 aliphatic rings. The first-order valence-corrected chi connectivity index (χ1v) is 8.91. The number of benzene rings is 1. The van der Waals surface area contributed by atoms with Gasteiger partial charge in [-0.05, 0) is 44.0 Å². The van der Waals surface area contributed by atoms with Gasteiger partial charge in [0, 0.05) is 18.5 Å². The molecule has 3 rings (SSSR count). The summed E-state index contributed by atoms with van der Waals surface area (Å²) in [5.74, 6) is 1.51. The third-order valence-electron chi connectivity index (χ3n) is 4.79. The lowest BCUT2D eigenvalue weighted by Gasteiger charge is -2.38. The topological polar surface area (TPSA) is 41.6 Å². The fourth-order valence-corrected chi connectivity index (χ4v) is 3.42. The van der Waals surface area contributed by atoms with E-state index in [1.165, 1.54) is 0 Å². The Morgan fingerprint density at radius 2 is 2.08 bits per heavy atom. The summed E-state index contributed by atoms with van der Waals surface area (Å²) in [6.45, 7) is 5.40. The third-order valence-corrected chi connectivity index (χ3v) is 5.53. The number of likely N-dealkylation sites (tertiary alicyclic amines) is 1. The summed E-state index contributed by atoms with van der Waals surface area (Å²) in [4.78, 5) is 14.6. The summed E-state index contributed by atoms with van der Waals surface area (Å²) < 4.78 is 6.00. The molecule has 0 radical (unpaired) electrons. The van der Waals surface area contributed by atoms with Crippen molar-refractivity contribution in [2.75, 3.05) is 26.2 Å². The fraction of sp³-hybridized carbons (Fsp3) is 0.588. The second-order valence-electron chi connectivity index (χ2n) is 6.45. The zero-order valence-electron chi connectivity index (χ0n) is 13.6. The van der Waals surface area contributed by atoms with Crippen molar-refractivity contribution in [3.8, 4) is 5.75 Å². The van der Waals surface area contributed by atoms with E-state index in [0.717, 1.165) is 32.5 Å². The number of hydrogen-bond acceptors (Lipinski definition) is 3. The Hall–Kier alpha value is -0.680. The standard InChI is InChI=1S/C17H22Cl2N2O2.ClH/c1-11(12-8-20-9-12)17(22)21-6-2-3-14(10-21)23-13-4-5-15(18)16(19)7-13;/h4-5,7,11-12,14,20H,2-3,6,8-10H2,1H3;1H.